The molecule has 0 aliphatic carbocycles. The van der Waals surface area contributed by atoms with Crippen molar-refractivity contribution in [3.05, 3.63) is 52.9 Å². The number of para-hydroxylation sites is 1. The zero-order chi connectivity index (χ0) is 12.4. The molecule has 0 unspecified atom stereocenters. The molecule has 0 bridgehead atoms. The summed E-state index contributed by atoms with van der Waals surface area (Å²) >= 11 is 1.60. The summed E-state index contributed by atoms with van der Waals surface area (Å²) in [5, 5.41) is 5.96. The van der Waals surface area contributed by atoms with Crippen molar-refractivity contribution in [3.8, 4) is 0 Å². The highest BCUT2D eigenvalue weighted by Gasteiger charge is 2.08. The van der Waals surface area contributed by atoms with Crippen molar-refractivity contribution in [1.29, 1.82) is 0 Å². The van der Waals surface area contributed by atoms with Gasteiger partial charge >= 0.3 is 0 Å². The van der Waals surface area contributed by atoms with Crippen LogP contribution in [0.15, 0.2) is 48.0 Å². The minimum absolute atomic E-state index is 0.0159. The van der Waals surface area contributed by atoms with Gasteiger partial charge in [-0.25, -0.2) is 0 Å². The van der Waals surface area contributed by atoms with Crippen molar-refractivity contribution in [3.63, 3.8) is 0 Å². The summed E-state index contributed by atoms with van der Waals surface area (Å²) in [6.45, 7) is 0. The van der Waals surface area contributed by atoms with Crippen LogP contribution in [0.1, 0.15) is 4.88 Å². The lowest BCUT2D eigenvalue weighted by Gasteiger charge is -2.02. The molecular weight excluding hydrogens is 244 g/mol. The first-order chi connectivity index (χ1) is 8.83. The fourth-order valence-corrected chi connectivity index (χ4v) is 2.64. The summed E-state index contributed by atoms with van der Waals surface area (Å²) in [6.07, 6.45) is 2.26. The number of carbonyl (C=O) groups is 1. The third-order valence-electron chi connectivity index (χ3n) is 2.78. The molecule has 4 heteroatoms. The molecule has 2 heterocycles. The number of rotatable bonds is 3. The Labute approximate surface area is 108 Å². The molecule has 3 nitrogen and oxygen atoms in total. The van der Waals surface area contributed by atoms with Crippen molar-refractivity contribution in [2.75, 3.05) is 5.32 Å². The van der Waals surface area contributed by atoms with Gasteiger partial charge in [-0.3, -0.25) is 4.79 Å². The number of anilines is 1. The highest BCUT2D eigenvalue weighted by molar-refractivity contribution is 7.10. The topological polar surface area (TPSA) is 44.9 Å². The Balaban J connectivity index is 1.78. The van der Waals surface area contributed by atoms with Gasteiger partial charge in [-0.15, -0.1) is 11.3 Å². The normalized spacial score (nSPS) is 10.7. The summed E-state index contributed by atoms with van der Waals surface area (Å²) in [5.74, 6) is 0.0159. The Kier molecular flexibility index (Phi) is 2.86. The highest BCUT2D eigenvalue weighted by Crippen LogP contribution is 2.22. The van der Waals surface area contributed by atoms with E-state index in [1.165, 1.54) is 0 Å². The maximum absolute atomic E-state index is 11.9. The van der Waals surface area contributed by atoms with Crippen LogP contribution in [0.2, 0.25) is 0 Å². The van der Waals surface area contributed by atoms with E-state index in [-0.39, 0.29) is 5.91 Å². The summed E-state index contributed by atoms with van der Waals surface area (Å²) < 4.78 is 0. The standard InChI is InChI=1S/C14H12N2OS/c17-14(8-10-4-3-7-18-10)16-13-9-15-12-6-2-1-5-11(12)13/h1-7,9,15H,8H2,(H,16,17). The first-order valence-corrected chi connectivity index (χ1v) is 6.59. The van der Waals surface area contributed by atoms with E-state index in [0.717, 1.165) is 21.5 Å². The van der Waals surface area contributed by atoms with Gasteiger partial charge in [-0.2, -0.15) is 0 Å². The minimum atomic E-state index is 0.0159. The monoisotopic (exact) mass is 256 g/mol. The fraction of sp³-hybridized carbons (Fsp3) is 0.0714. The largest absolute Gasteiger partial charge is 0.359 e. The number of thiophene rings is 1. The number of benzene rings is 1. The second kappa shape index (κ2) is 4.66. The minimum Gasteiger partial charge on any atom is -0.359 e. The third-order valence-corrected chi connectivity index (χ3v) is 3.65. The summed E-state index contributed by atoms with van der Waals surface area (Å²) in [5.41, 5.74) is 1.87. The zero-order valence-corrected chi connectivity index (χ0v) is 10.5. The number of aromatic amines is 1. The molecule has 2 aromatic heterocycles. The fourth-order valence-electron chi connectivity index (χ4n) is 1.94. The van der Waals surface area contributed by atoms with Crippen LogP contribution in [0.4, 0.5) is 5.69 Å². The molecular formula is C14H12N2OS. The van der Waals surface area contributed by atoms with Gasteiger partial charge in [0.2, 0.25) is 5.91 Å². The number of carbonyl (C=O) groups excluding carboxylic acids is 1. The molecule has 0 radical (unpaired) electrons. The average Bonchev–Trinajstić information content (AvgIpc) is 3.00. The van der Waals surface area contributed by atoms with E-state index in [1.54, 1.807) is 11.3 Å². The molecule has 0 aliphatic heterocycles. The quantitative estimate of drug-likeness (QED) is 0.741. The van der Waals surface area contributed by atoms with Gasteiger partial charge in [0.1, 0.15) is 0 Å². The number of fused-ring (bicyclic) bond motifs is 1. The van der Waals surface area contributed by atoms with E-state index in [0.29, 0.717) is 6.42 Å². The summed E-state index contributed by atoms with van der Waals surface area (Å²) in [6, 6.07) is 11.8. The molecule has 1 aromatic carbocycles. The molecule has 0 atom stereocenters. The lowest BCUT2D eigenvalue weighted by Crippen LogP contribution is -2.13. The molecule has 0 saturated heterocycles. The maximum Gasteiger partial charge on any atom is 0.229 e. The predicted molar refractivity (Wildman–Crippen MR) is 75.0 cm³/mol. The number of hydrogen-bond acceptors (Lipinski definition) is 2. The number of amides is 1. The third kappa shape index (κ3) is 2.15. The SMILES string of the molecule is O=C(Cc1cccs1)Nc1c[nH]c2ccccc12. The van der Waals surface area contributed by atoms with E-state index in [1.807, 2.05) is 48.0 Å². The van der Waals surface area contributed by atoms with Crippen molar-refractivity contribution < 1.29 is 4.79 Å². The highest BCUT2D eigenvalue weighted by atomic mass is 32.1. The van der Waals surface area contributed by atoms with Crippen molar-refractivity contribution >= 4 is 33.8 Å². The first kappa shape index (κ1) is 11.0. The van der Waals surface area contributed by atoms with Gasteiger partial charge < -0.3 is 10.3 Å². The van der Waals surface area contributed by atoms with Crippen LogP contribution in [0, 0.1) is 0 Å². The van der Waals surface area contributed by atoms with Crippen molar-refractivity contribution in [2.24, 2.45) is 0 Å². The van der Waals surface area contributed by atoms with Gasteiger partial charge in [0.25, 0.3) is 0 Å². The van der Waals surface area contributed by atoms with Crippen LogP contribution >= 0.6 is 11.3 Å². The molecule has 0 spiro atoms. The lowest BCUT2D eigenvalue weighted by molar-refractivity contribution is -0.115. The van der Waals surface area contributed by atoms with Crippen molar-refractivity contribution in [2.45, 2.75) is 6.42 Å². The van der Waals surface area contributed by atoms with Gasteiger partial charge in [0.15, 0.2) is 0 Å². The number of H-pyrrole nitrogens is 1. The molecule has 0 saturated carbocycles. The Morgan fingerprint density at radius 1 is 1.22 bits per heavy atom. The molecule has 0 aliphatic rings. The molecule has 3 aromatic rings. The van der Waals surface area contributed by atoms with Crippen molar-refractivity contribution in [1.82, 2.24) is 4.98 Å². The van der Waals surface area contributed by atoms with Gasteiger partial charge in [-0.1, -0.05) is 24.3 Å². The van der Waals surface area contributed by atoms with Crippen LogP contribution in [0.25, 0.3) is 10.9 Å². The predicted octanol–water partition coefficient (Wildman–Crippen LogP) is 3.41. The maximum atomic E-state index is 11.9. The van der Waals surface area contributed by atoms with Gasteiger partial charge in [0.05, 0.1) is 12.1 Å². The average molecular weight is 256 g/mol. The summed E-state index contributed by atoms with van der Waals surface area (Å²) in [7, 11) is 0. The second-order valence-electron chi connectivity index (χ2n) is 4.05. The van der Waals surface area contributed by atoms with E-state index in [4.69, 9.17) is 0 Å². The van der Waals surface area contributed by atoms with Crippen LogP contribution in [0.3, 0.4) is 0 Å². The van der Waals surface area contributed by atoms with Gasteiger partial charge in [-0.05, 0) is 17.5 Å². The molecule has 2 N–H and O–H groups in total. The Morgan fingerprint density at radius 2 is 2.11 bits per heavy atom. The molecule has 1 amide bonds. The van der Waals surface area contributed by atoms with Gasteiger partial charge in [0, 0.05) is 22.0 Å². The van der Waals surface area contributed by atoms with E-state index in [2.05, 4.69) is 10.3 Å². The lowest BCUT2D eigenvalue weighted by atomic mass is 10.2. The first-order valence-electron chi connectivity index (χ1n) is 5.71. The van der Waals surface area contributed by atoms with Crippen LogP contribution in [-0.2, 0) is 11.2 Å². The number of nitrogens with one attached hydrogen (secondary N) is 2. The molecule has 18 heavy (non-hydrogen) atoms. The zero-order valence-electron chi connectivity index (χ0n) is 9.64. The smallest absolute Gasteiger partial charge is 0.229 e. The van der Waals surface area contributed by atoms with E-state index < -0.39 is 0 Å². The molecule has 0 fully saturated rings. The van der Waals surface area contributed by atoms with E-state index in [9.17, 15) is 4.79 Å². The number of hydrogen-bond donors (Lipinski definition) is 2. The van der Waals surface area contributed by atoms with E-state index >= 15 is 0 Å². The Morgan fingerprint density at radius 3 is 2.94 bits per heavy atom. The van der Waals surface area contributed by atoms with Crippen LogP contribution < -0.4 is 5.32 Å². The Bertz CT molecular complexity index is 670. The number of aromatic nitrogens is 1. The van der Waals surface area contributed by atoms with Crippen LogP contribution in [0.5, 0.6) is 0 Å². The second-order valence-corrected chi connectivity index (χ2v) is 5.08. The Hall–Kier alpha value is -2.07. The molecule has 3 rings (SSSR count). The van der Waals surface area contributed by atoms with Crippen LogP contribution in [-0.4, -0.2) is 10.9 Å². The molecule has 90 valence electrons. The summed E-state index contributed by atoms with van der Waals surface area (Å²) in [4.78, 5) is 16.1.